The molecule has 116 valence electrons. The van der Waals surface area contributed by atoms with Gasteiger partial charge in [-0.3, -0.25) is 0 Å². The van der Waals surface area contributed by atoms with Crippen molar-refractivity contribution in [2.75, 3.05) is 6.61 Å². The van der Waals surface area contributed by atoms with Crippen LogP contribution in [0, 0.1) is 5.92 Å². The molecule has 2 aliphatic rings. The van der Waals surface area contributed by atoms with Crippen LogP contribution in [0.15, 0.2) is 12.4 Å². The lowest BCUT2D eigenvalue weighted by atomic mass is 9.79. The van der Waals surface area contributed by atoms with Gasteiger partial charge in [0, 0.05) is 37.2 Å². The van der Waals surface area contributed by atoms with E-state index in [-0.39, 0.29) is 5.60 Å². The van der Waals surface area contributed by atoms with Crippen molar-refractivity contribution in [3.05, 3.63) is 23.8 Å². The molecular formula is C17H27N3O. The molecule has 2 saturated carbocycles. The minimum absolute atomic E-state index is 0.246. The number of aromatic nitrogens is 2. The fraction of sp³-hybridized carbons (Fsp3) is 0.765. The van der Waals surface area contributed by atoms with Gasteiger partial charge in [-0.2, -0.15) is 0 Å². The van der Waals surface area contributed by atoms with Gasteiger partial charge in [0.05, 0.1) is 0 Å². The molecule has 0 aliphatic heterocycles. The number of rotatable bonds is 6. The highest BCUT2D eigenvalue weighted by Gasteiger charge is 2.39. The fourth-order valence-electron chi connectivity index (χ4n) is 3.17. The van der Waals surface area contributed by atoms with Gasteiger partial charge in [-0.15, -0.1) is 0 Å². The maximum absolute atomic E-state index is 6.11. The molecule has 0 unspecified atom stereocenters. The molecule has 0 radical (unpaired) electrons. The van der Waals surface area contributed by atoms with Crippen LogP contribution in [-0.4, -0.2) is 22.6 Å². The lowest BCUT2D eigenvalue weighted by Crippen LogP contribution is -2.36. The van der Waals surface area contributed by atoms with E-state index >= 15 is 0 Å². The predicted molar refractivity (Wildman–Crippen MR) is 82.8 cm³/mol. The largest absolute Gasteiger partial charge is 0.367 e. The van der Waals surface area contributed by atoms with Crippen LogP contribution < -0.4 is 5.32 Å². The Bertz CT molecular complexity index is 448. The third kappa shape index (κ3) is 3.61. The van der Waals surface area contributed by atoms with Crippen LogP contribution in [0.4, 0.5) is 0 Å². The van der Waals surface area contributed by atoms with Gasteiger partial charge in [-0.1, -0.05) is 6.92 Å². The summed E-state index contributed by atoms with van der Waals surface area (Å²) in [5.41, 5.74) is 0.922. The first-order valence-corrected chi connectivity index (χ1v) is 8.40. The molecule has 4 nitrogen and oxygen atoms in total. The second-order valence-electron chi connectivity index (χ2n) is 6.68. The van der Waals surface area contributed by atoms with Gasteiger partial charge in [-0.05, 0) is 51.4 Å². The zero-order valence-corrected chi connectivity index (χ0v) is 13.3. The van der Waals surface area contributed by atoms with Gasteiger partial charge in [0.15, 0.2) is 5.82 Å². The Morgan fingerprint density at radius 2 is 1.86 bits per heavy atom. The minimum Gasteiger partial charge on any atom is -0.367 e. The van der Waals surface area contributed by atoms with Gasteiger partial charge in [0.25, 0.3) is 0 Å². The molecule has 1 N–H and O–H groups in total. The van der Waals surface area contributed by atoms with Crippen molar-refractivity contribution in [3.63, 3.8) is 0 Å². The molecule has 2 fully saturated rings. The maximum Gasteiger partial charge on any atom is 0.160 e. The van der Waals surface area contributed by atoms with Crippen molar-refractivity contribution < 1.29 is 4.74 Å². The summed E-state index contributed by atoms with van der Waals surface area (Å²) in [6.07, 6.45) is 11.0. The number of nitrogens with one attached hydrogen (secondary N) is 1. The Labute approximate surface area is 127 Å². The zero-order valence-electron chi connectivity index (χ0n) is 13.3. The molecule has 2 aliphatic carbocycles. The molecule has 0 amide bonds. The number of ether oxygens (including phenoxy) is 1. The summed E-state index contributed by atoms with van der Waals surface area (Å²) >= 11 is 0. The number of hydrogen-bond donors (Lipinski definition) is 1. The lowest BCUT2D eigenvalue weighted by Gasteiger charge is -2.37. The van der Waals surface area contributed by atoms with Gasteiger partial charge in [0.1, 0.15) is 5.60 Å². The normalized spacial score (nSPS) is 29.5. The third-order valence-corrected chi connectivity index (χ3v) is 4.79. The van der Waals surface area contributed by atoms with Gasteiger partial charge in [0.2, 0.25) is 0 Å². The summed E-state index contributed by atoms with van der Waals surface area (Å²) in [7, 11) is 0. The first-order chi connectivity index (χ1) is 10.2. The summed E-state index contributed by atoms with van der Waals surface area (Å²) in [6, 6.07) is 0.722. The van der Waals surface area contributed by atoms with Crippen molar-refractivity contribution in [3.8, 4) is 0 Å². The summed E-state index contributed by atoms with van der Waals surface area (Å²) in [6.45, 7) is 5.99. The quantitative estimate of drug-likeness (QED) is 0.874. The van der Waals surface area contributed by atoms with Crippen LogP contribution in [-0.2, 0) is 16.9 Å². The predicted octanol–water partition coefficient (Wildman–Crippen LogP) is 3.17. The van der Waals surface area contributed by atoms with Crippen molar-refractivity contribution in [1.82, 2.24) is 15.3 Å². The molecule has 1 heterocycles. The van der Waals surface area contributed by atoms with E-state index in [1.165, 1.54) is 31.2 Å². The summed E-state index contributed by atoms with van der Waals surface area (Å²) in [5.74, 6) is 1.67. The fourth-order valence-corrected chi connectivity index (χ4v) is 3.17. The molecule has 4 heteroatoms. The van der Waals surface area contributed by atoms with Crippen LogP contribution in [0.2, 0.25) is 0 Å². The Hall–Kier alpha value is -1.00. The molecule has 1 aromatic rings. The average Bonchev–Trinajstić information content (AvgIpc) is 3.33. The summed E-state index contributed by atoms with van der Waals surface area (Å²) < 4.78 is 6.11. The Morgan fingerprint density at radius 3 is 2.43 bits per heavy atom. The zero-order chi connectivity index (χ0) is 14.7. The van der Waals surface area contributed by atoms with Gasteiger partial charge >= 0.3 is 0 Å². The van der Waals surface area contributed by atoms with E-state index in [1.807, 2.05) is 12.4 Å². The second kappa shape index (κ2) is 6.41. The van der Waals surface area contributed by atoms with Crippen LogP contribution in [0.25, 0.3) is 0 Å². The Morgan fingerprint density at radius 1 is 1.19 bits per heavy atom. The highest BCUT2D eigenvalue weighted by molar-refractivity contribution is 5.11. The van der Waals surface area contributed by atoms with Gasteiger partial charge < -0.3 is 10.1 Å². The van der Waals surface area contributed by atoms with Gasteiger partial charge in [-0.25, -0.2) is 9.97 Å². The molecule has 0 atom stereocenters. The second-order valence-corrected chi connectivity index (χ2v) is 6.68. The summed E-state index contributed by atoms with van der Waals surface area (Å²) in [4.78, 5) is 9.28. The minimum atomic E-state index is -0.246. The molecular weight excluding hydrogens is 262 g/mol. The molecule has 0 spiro atoms. The molecule has 3 rings (SSSR count). The molecule has 21 heavy (non-hydrogen) atoms. The van der Waals surface area contributed by atoms with Crippen LogP contribution in [0.5, 0.6) is 0 Å². The average molecular weight is 289 g/mol. The molecule has 0 bridgehead atoms. The Kier molecular flexibility index (Phi) is 4.55. The maximum atomic E-state index is 6.11. The monoisotopic (exact) mass is 289 g/mol. The first-order valence-electron chi connectivity index (χ1n) is 8.40. The Balaban J connectivity index is 1.69. The SMILES string of the molecule is CCOC1(c2ncc(CNC3CC3)cn2)CCC(C)CC1. The topological polar surface area (TPSA) is 47.0 Å². The molecule has 0 saturated heterocycles. The smallest absolute Gasteiger partial charge is 0.160 e. The third-order valence-electron chi connectivity index (χ3n) is 4.79. The first kappa shape index (κ1) is 14.9. The summed E-state index contributed by atoms with van der Waals surface area (Å²) in [5, 5.41) is 3.50. The van der Waals surface area contributed by atoms with Crippen LogP contribution in [0.3, 0.4) is 0 Å². The van der Waals surface area contributed by atoms with Crippen molar-refractivity contribution in [2.45, 2.75) is 70.6 Å². The number of hydrogen-bond acceptors (Lipinski definition) is 4. The van der Waals surface area contributed by atoms with Crippen LogP contribution in [0.1, 0.15) is 63.8 Å². The van der Waals surface area contributed by atoms with E-state index in [9.17, 15) is 0 Å². The van der Waals surface area contributed by atoms with E-state index in [0.29, 0.717) is 0 Å². The van der Waals surface area contributed by atoms with E-state index in [0.717, 1.165) is 43.8 Å². The van der Waals surface area contributed by atoms with E-state index in [2.05, 4.69) is 29.1 Å². The highest BCUT2D eigenvalue weighted by Crippen LogP contribution is 2.40. The highest BCUT2D eigenvalue weighted by atomic mass is 16.5. The van der Waals surface area contributed by atoms with E-state index < -0.39 is 0 Å². The van der Waals surface area contributed by atoms with Crippen molar-refractivity contribution in [2.24, 2.45) is 5.92 Å². The van der Waals surface area contributed by atoms with E-state index in [4.69, 9.17) is 4.74 Å². The molecule has 1 aromatic heterocycles. The van der Waals surface area contributed by atoms with Crippen molar-refractivity contribution >= 4 is 0 Å². The molecule has 0 aromatic carbocycles. The van der Waals surface area contributed by atoms with Crippen LogP contribution >= 0.6 is 0 Å². The number of nitrogens with zero attached hydrogens (tertiary/aromatic N) is 2. The van der Waals surface area contributed by atoms with E-state index in [1.54, 1.807) is 0 Å². The van der Waals surface area contributed by atoms with Crippen molar-refractivity contribution in [1.29, 1.82) is 0 Å². The standard InChI is InChI=1S/C17H27N3O/c1-3-21-17(8-6-13(2)7-9-17)16-19-11-14(12-20-16)10-18-15-4-5-15/h11-13,15,18H,3-10H2,1-2H3. The lowest BCUT2D eigenvalue weighted by molar-refractivity contribution is -0.0837.